The molecule has 4 heteroatoms. The van der Waals surface area contributed by atoms with Crippen molar-refractivity contribution in [1.82, 2.24) is 8.51 Å². The van der Waals surface area contributed by atoms with Crippen molar-refractivity contribution < 1.29 is 0 Å². The summed E-state index contributed by atoms with van der Waals surface area (Å²) in [5, 5.41) is 1.14. The minimum atomic E-state index is 0.847. The predicted octanol–water partition coefficient (Wildman–Crippen LogP) is 2.74. The summed E-state index contributed by atoms with van der Waals surface area (Å²) in [7, 11) is 0. The summed E-state index contributed by atoms with van der Waals surface area (Å²) in [5.74, 6) is 0. The molecule has 0 amide bonds. The molecule has 0 spiro atoms. The summed E-state index contributed by atoms with van der Waals surface area (Å²) >= 11 is 3.88. The third-order valence-electron chi connectivity index (χ3n) is 1.56. The second-order valence-corrected chi connectivity index (χ2v) is 4.26. The highest BCUT2D eigenvalue weighted by Crippen LogP contribution is 2.21. The Morgan fingerprint density at radius 2 is 2.25 bits per heavy atom. The normalized spacial score (nSPS) is 10.8. The molecule has 12 heavy (non-hydrogen) atoms. The first-order valence-electron chi connectivity index (χ1n) is 3.58. The number of nitrogens with zero attached hydrogens (tertiary/aromatic N) is 1. The molecular formula is C8H7IN2S. The zero-order valence-electron chi connectivity index (χ0n) is 6.25. The molecule has 1 N–H and O–H groups in total. The molecule has 0 radical (unpaired) electrons. The Morgan fingerprint density at radius 1 is 1.42 bits per heavy atom. The van der Waals surface area contributed by atoms with E-state index in [1.165, 1.54) is 4.70 Å². The second kappa shape index (κ2) is 3.68. The van der Waals surface area contributed by atoms with Gasteiger partial charge in [-0.1, -0.05) is 12.1 Å². The van der Waals surface area contributed by atoms with Gasteiger partial charge in [-0.05, 0) is 12.1 Å². The van der Waals surface area contributed by atoms with Crippen LogP contribution in [0.3, 0.4) is 0 Å². The van der Waals surface area contributed by atoms with Crippen molar-refractivity contribution in [1.29, 1.82) is 0 Å². The van der Waals surface area contributed by atoms with Crippen LogP contribution in [-0.4, -0.2) is 4.98 Å². The molecule has 0 saturated carbocycles. The maximum absolute atomic E-state index is 4.45. The van der Waals surface area contributed by atoms with Crippen molar-refractivity contribution in [2.75, 3.05) is 0 Å². The SMILES string of the molecule is INCc1nc2ccccc2s1. The van der Waals surface area contributed by atoms with Gasteiger partial charge >= 0.3 is 0 Å². The summed E-state index contributed by atoms with van der Waals surface area (Å²) < 4.78 is 4.33. The number of hydrogen-bond donors (Lipinski definition) is 1. The van der Waals surface area contributed by atoms with E-state index in [0.29, 0.717) is 0 Å². The maximum atomic E-state index is 4.45. The number of aromatic nitrogens is 1. The quantitative estimate of drug-likeness (QED) is 0.679. The highest BCUT2D eigenvalue weighted by Gasteiger charge is 2.00. The predicted molar refractivity (Wildman–Crippen MR) is 60.5 cm³/mol. The van der Waals surface area contributed by atoms with Crippen LogP contribution in [0, 0.1) is 0 Å². The molecule has 0 aliphatic rings. The van der Waals surface area contributed by atoms with Crippen LogP contribution >= 0.6 is 34.2 Å². The highest BCUT2D eigenvalue weighted by molar-refractivity contribution is 14.1. The van der Waals surface area contributed by atoms with Crippen LogP contribution in [0.1, 0.15) is 5.01 Å². The summed E-state index contributed by atoms with van der Waals surface area (Å²) in [5.41, 5.74) is 1.10. The highest BCUT2D eigenvalue weighted by atomic mass is 127. The number of nitrogens with one attached hydrogen (secondary N) is 1. The van der Waals surface area contributed by atoms with Gasteiger partial charge in [0.25, 0.3) is 0 Å². The van der Waals surface area contributed by atoms with Gasteiger partial charge in [-0.15, -0.1) is 11.3 Å². The van der Waals surface area contributed by atoms with E-state index in [9.17, 15) is 0 Å². The van der Waals surface area contributed by atoms with Gasteiger partial charge in [0.1, 0.15) is 5.01 Å². The smallest absolute Gasteiger partial charge is 0.108 e. The van der Waals surface area contributed by atoms with Gasteiger partial charge in [-0.2, -0.15) is 0 Å². The molecular weight excluding hydrogens is 283 g/mol. The molecule has 1 aromatic heterocycles. The van der Waals surface area contributed by atoms with Crippen LogP contribution in [0.25, 0.3) is 10.2 Å². The van der Waals surface area contributed by atoms with Gasteiger partial charge in [0, 0.05) is 22.9 Å². The molecule has 0 aliphatic carbocycles. The van der Waals surface area contributed by atoms with Crippen LogP contribution in [0.2, 0.25) is 0 Å². The van der Waals surface area contributed by atoms with Gasteiger partial charge in [0.05, 0.1) is 16.8 Å². The van der Waals surface area contributed by atoms with Gasteiger partial charge in [-0.3, -0.25) is 3.53 Å². The number of hydrogen-bond acceptors (Lipinski definition) is 3. The Balaban J connectivity index is 2.47. The molecule has 0 unspecified atom stereocenters. The zero-order valence-corrected chi connectivity index (χ0v) is 9.22. The third kappa shape index (κ3) is 1.60. The van der Waals surface area contributed by atoms with E-state index in [1.54, 1.807) is 11.3 Å². The number of para-hydroxylation sites is 1. The molecule has 0 bridgehead atoms. The van der Waals surface area contributed by atoms with Crippen LogP contribution < -0.4 is 3.53 Å². The van der Waals surface area contributed by atoms with Crippen molar-refractivity contribution >= 4 is 44.4 Å². The first kappa shape index (κ1) is 8.40. The molecule has 2 aromatic rings. The van der Waals surface area contributed by atoms with Gasteiger partial charge in [0.15, 0.2) is 0 Å². The van der Waals surface area contributed by atoms with Gasteiger partial charge in [-0.25, -0.2) is 4.98 Å². The topological polar surface area (TPSA) is 24.9 Å². The number of fused-ring (bicyclic) bond motifs is 1. The fraction of sp³-hybridized carbons (Fsp3) is 0.125. The Labute approximate surface area is 88.5 Å². The molecule has 0 atom stereocenters. The molecule has 2 rings (SSSR count). The van der Waals surface area contributed by atoms with E-state index in [1.807, 2.05) is 18.2 Å². The number of rotatable bonds is 2. The van der Waals surface area contributed by atoms with Gasteiger partial charge in [0.2, 0.25) is 0 Å². The first-order valence-corrected chi connectivity index (χ1v) is 5.47. The van der Waals surface area contributed by atoms with E-state index in [2.05, 4.69) is 37.4 Å². The lowest BCUT2D eigenvalue weighted by Gasteiger charge is -1.86. The first-order chi connectivity index (χ1) is 5.90. The van der Waals surface area contributed by atoms with Crippen molar-refractivity contribution in [3.05, 3.63) is 29.3 Å². The zero-order chi connectivity index (χ0) is 8.39. The van der Waals surface area contributed by atoms with Gasteiger partial charge < -0.3 is 0 Å². The van der Waals surface area contributed by atoms with E-state index >= 15 is 0 Å². The monoisotopic (exact) mass is 290 g/mol. The molecule has 2 nitrogen and oxygen atoms in total. The lowest BCUT2D eigenvalue weighted by molar-refractivity contribution is 0.997. The van der Waals surface area contributed by atoms with E-state index in [4.69, 9.17) is 0 Å². The van der Waals surface area contributed by atoms with Crippen LogP contribution in [0.15, 0.2) is 24.3 Å². The van der Waals surface area contributed by atoms with Crippen LogP contribution in [0.4, 0.5) is 0 Å². The molecule has 0 saturated heterocycles. The average Bonchev–Trinajstić information content (AvgIpc) is 2.47. The van der Waals surface area contributed by atoms with Crippen molar-refractivity contribution in [2.24, 2.45) is 0 Å². The summed E-state index contributed by atoms with van der Waals surface area (Å²) in [4.78, 5) is 4.45. The average molecular weight is 290 g/mol. The maximum Gasteiger partial charge on any atom is 0.108 e. The molecule has 0 fully saturated rings. The Hall–Kier alpha value is -0.200. The molecule has 1 aromatic carbocycles. The number of thiazole rings is 1. The largest absolute Gasteiger partial charge is 0.254 e. The fourth-order valence-electron chi connectivity index (χ4n) is 1.05. The summed E-state index contributed by atoms with van der Waals surface area (Å²) in [6, 6.07) is 8.21. The third-order valence-corrected chi connectivity index (χ3v) is 2.97. The molecule has 62 valence electrons. The lowest BCUT2D eigenvalue weighted by Crippen LogP contribution is -1.95. The van der Waals surface area contributed by atoms with Crippen LogP contribution in [-0.2, 0) is 6.54 Å². The molecule has 0 aliphatic heterocycles. The van der Waals surface area contributed by atoms with Crippen molar-refractivity contribution in [3.8, 4) is 0 Å². The lowest BCUT2D eigenvalue weighted by atomic mass is 10.3. The summed E-state index contributed by atoms with van der Waals surface area (Å²) in [6.07, 6.45) is 0. The van der Waals surface area contributed by atoms with E-state index < -0.39 is 0 Å². The fourth-order valence-corrected chi connectivity index (χ4v) is 2.58. The number of benzene rings is 1. The standard InChI is InChI=1S/C8H7IN2S/c9-10-5-8-11-6-3-1-2-4-7(6)12-8/h1-4,10H,5H2. The second-order valence-electron chi connectivity index (χ2n) is 2.39. The minimum absolute atomic E-state index is 0.847. The number of halogens is 1. The minimum Gasteiger partial charge on any atom is -0.254 e. The van der Waals surface area contributed by atoms with Crippen LogP contribution in [0.5, 0.6) is 0 Å². The van der Waals surface area contributed by atoms with E-state index in [-0.39, 0.29) is 0 Å². The van der Waals surface area contributed by atoms with E-state index in [0.717, 1.165) is 17.1 Å². The molecule has 1 heterocycles. The van der Waals surface area contributed by atoms with Crippen molar-refractivity contribution in [3.63, 3.8) is 0 Å². The summed E-state index contributed by atoms with van der Waals surface area (Å²) in [6.45, 7) is 0.847. The Morgan fingerprint density at radius 3 is 3.00 bits per heavy atom. The Kier molecular flexibility index (Phi) is 2.57. The van der Waals surface area contributed by atoms with Crippen molar-refractivity contribution in [2.45, 2.75) is 6.54 Å². The Bertz CT molecular complexity index is 352.